The Morgan fingerprint density at radius 1 is 1.00 bits per heavy atom. The lowest BCUT2D eigenvalue weighted by Crippen LogP contribution is -2.43. The summed E-state index contributed by atoms with van der Waals surface area (Å²) < 4.78 is 0. The van der Waals surface area contributed by atoms with Crippen molar-refractivity contribution in [3.63, 3.8) is 0 Å². The molecule has 1 fully saturated rings. The van der Waals surface area contributed by atoms with Crippen LogP contribution in [-0.4, -0.2) is 55.5 Å². The first-order valence-corrected chi connectivity index (χ1v) is 7.74. The zero-order chi connectivity index (χ0) is 12.5. The largest absolute Gasteiger partial charge is 0.304 e. The minimum atomic E-state index is 1.11. The van der Waals surface area contributed by atoms with Gasteiger partial charge in [-0.05, 0) is 25.1 Å². The molecule has 2 nitrogen and oxygen atoms in total. The van der Waals surface area contributed by atoms with Crippen LogP contribution >= 0.6 is 11.8 Å². The third-order valence-corrected chi connectivity index (χ3v) is 2.84. The van der Waals surface area contributed by atoms with Crippen LogP contribution in [0.2, 0.25) is 0 Å². The van der Waals surface area contributed by atoms with E-state index in [1.807, 2.05) is 12.5 Å². The number of rotatable bonds is 2. The van der Waals surface area contributed by atoms with E-state index in [1.54, 1.807) is 11.8 Å². The molecule has 0 atom stereocenters. The summed E-state index contributed by atoms with van der Waals surface area (Å²) in [5.74, 6) is 0. The summed E-state index contributed by atoms with van der Waals surface area (Å²) in [4.78, 5) is 4.91. The second-order valence-electron chi connectivity index (χ2n) is 4.47. The summed E-state index contributed by atoms with van der Waals surface area (Å²) in [6.07, 6.45) is 4.08. The first-order valence-electron chi connectivity index (χ1n) is 6.11. The molecule has 2 rings (SSSR count). The minimum Gasteiger partial charge on any atom is -0.304 e. The zero-order valence-electron chi connectivity index (χ0n) is 11.2. The van der Waals surface area contributed by atoms with Crippen LogP contribution in [-0.2, 0) is 6.54 Å². The lowest BCUT2D eigenvalue weighted by atomic mass is 10.2. The molecule has 0 unspecified atom stereocenters. The molecule has 0 amide bonds. The summed E-state index contributed by atoms with van der Waals surface area (Å²) in [6, 6.07) is 10.7. The minimum absolute atomic E-state index is 1.11. The fraction of sp³-hybridized carbons (Fsp3) is 0.571. The van der Waals surface area contributed by atoms with E-state index in [1.165, 1.54) is 31.7 Å². The van der Waals surface area contributed by atoms with Crippen LogP contribution in [0.5, 0.6) is 0 Å². The molecule has 0 bridgehead atoms. The summed E-state index contributed by atoms with van der Waals surface area (Å²) in [7, 11) is 2.19. The average molecular weight is 252 g/mol. The van der Waals surface area contributed by atoms with Crippen molar-refractivity contribution in [2.45, 2.75) is 6.54 Å². The SMILES string of the molecule is CN1CCN(Cc2ccccc2)CC1.CSC. The molecule has 1 heterocycles. The Bertz CT molecular complexity index is 282. The molecule has 0 saturated carbocycles. The molecule has 3 heteroatoms. The highest BCUT2D eigenvalue weighted by atomic mass is 32.2. The Morgan fingerprint density at radius 3 is 2.06 bits per heavy atom. The van der Waals surface area contributed by atoms with E-state index in [0.29, 0.717) is 0 Å². The number of likely N-dealkylation sites (N-methyl/N-ethyl adjacent to an activating group) is 1. The van der Waals surface area contributed by atoms with Gasteiger partial charge in [0.05, 0.1) is 0 Å². The van der Waals surface area contributed by atoms with Crippen molar-refractivity contribution in [2.24, 2.45) is 0 Å². The molecule has 1 aliphatic rings. The molecular weight excluding hydrogens is 228 g/mol. The number of hydrogen-bond donors (Lipinski definition) is 0. The third-order valence-electron chi connectivity index (χ3n) is 2.84. The Hall–Kier alpha value is -0.510. The van der Waals surface area contributed by atoms with Gasteiger partial charge in [-0.25, -0.2) is 0 Å². The first-order chi connectivity index (χ1) is 8.26. The molecule has 0 spiro atoms. The van der Waals surface area contributed by atoms with Crippen molar-refractivity contribution < 1.29 is 0 Å². The molecule has 1 aromatic carbocycles. The number of piperazine rings is 1. The van der Waals surface area contributed by atoms with Gasteiger partial charge in [0, 0.05) is 32.7 Å². The van der Waals surface area contributed by atoms with E-state index in [-0.39, 0.29) is 0 Å². The number of benzene rings is 1. The van der Waals surface area contributed by atoms with E-state index in [2.05, 4.69) is 47.2 Å². The van der Waals surface area contributed by atoms with Crippen molar-refractivity contribution in [1.82, 2.24) is 9.80 Å². The molecular formula is C14H24N2S. The zero-order valence-corrected chi connectivity index (χ0v) is 12.0. The molecule has 0 N–H and O–H groups in total. The quantitative estimate of drug-likeness (QED) is 0.798. The van der Waals surface area contributed by atoms with Gasteiger partial charge in [-0.2, -0.15) is 11.8 Å². The molecule has 96 valence electrons. The molecule has 0 aliphatic carbocycles. The maximum Gasteiger partial charge on any atom is 0.0234 e. The van der Waals surface area contributed by atoms with Gasteiger partial charge in [0.1, 0.15) is 0 Å². The second kappa shape index (κ2) is 8.56. The fourth-order valence-electron chi connectivity index (χ4n) is 1.85. The lowest BCUT2D eigenvalue weighted by molar-refractivity contribution is 0.148. The van der Waals surface area contributed by atoms with Gasteiger partial charge in [0.2, 0.25) is 0 Å². The first kappa shape index (κ1) is 14.6. The van der Waals surface area contributed by atoms with Crippen molar-refractivity contribution >= 4 is 11.8 Å². The van der Waals surface area contributed by atoms with Gasteiger partial charge in [-0.15, -0.1) is 0 Å². The van der Waals surface area contributed by atoms with Crippen LogP contribution in [0.4, 0.5) is 0 Å². The van der Waals surface area contributed by atoms with Crippen molar-refractivity contribution in [3.8, 4) is 0 Å². The normalized spacial score (nSPS) is 17.4. The maximum absolute atomic E-state index is 2.52. The number of thioether (sulfide) groups is 1. The van der Waals surface area contributed by atoms with Crippen LogP contribution < -0.4 is 0 Å². The van der Waals surface area contributed by atoms with Crippen LogP contribution in [0.15, 0.2) is 30.3 Å². The number of nitrogens with zero attached hydrogens (tertiary/aromatic N) is 2. The molecule has 17 heavy (non-hydrogen) atoms. The smallest absolute Gasteiger partial charge is 0.0234 e. The topological polar surface area (TPSA) is 6.48 Å². The molecule has 1 saturated heterocycles. The Balaban J connectivity index is 0.000000437. The van der Waals surface area contributed by atoms with Crippen molar-refractivity contribution in [2.75, 3.05) is 45.7 Å². The summed E-state index contributed by atoms with van der Waals surface area (Å²) in [5.41, 5.74) is 1.43. The molecule has 1 aromatic rings. The van der Waals surface area contributed by atoms with Crippen LogP contribution in [0, 0.1) is 0 Å². The Kier molecular flexibility index (Phi) is 7.33. The van der Waals surface area contributed by atoms with Gasteiger partial charge >= 0.3 is 0 Å². The summed E-state index contributed by atoms with van der Waals surface area (Å²) >= 11 is 1.75. The fourth-order valence-corrected chi connectivity index (χ4v) is 1.85. The lowest BCUT2D eigenvalue weighted by Gasteiger charge is -2.32. The van der Waals surface area contributed by atoms with E-state index in [9.17, 15) is 0 Å². The van der Waals surface area contributed by atoms with E-state index >= 15 is 0 Å². The van der Waals surface area contributed by atoms with Gasteiger partial charge in [-0.3, -0.25) is 4.90 Å². The van der Waals surface area contributed by atoms with Crippen LogP contribution in [0.3, 0.4) is 0 Å². The highest BCUT2D eigenvalue weighted by Crippen LogP contribution is 2.06. The maximum atomic E-state index is 2.52. The van der Waals surface area contributed by atoms with Crippen molar-refractivity contribution in [3.05, 3.63) is 35.9 Å². The predicted molar refractivity (Wildman–Crippen MR) is 78.7 cm³/mol. The van der Waals surface area contributed by atoms with E-state index < -0.39 is 0 Å². The monoisotopic (exact) mass is 252 g/mol. The average Bonchev–Trinajstić information content (AvgIpc) is 2.35. The van der Waals surface area contributed by atoms with Gasteiger partial charge in [0.15, 0.2) is 0 Å². The van der Waals surface area contributed by atoms with Gasteiger partial charge in [0.25, 0.3) is 0 Å². The second-order valence-corrected chi connectivity index (χ2v) is 5.29. The predicted octanol–water partition coefficient (Wildman–Crippen LogP) is 2.41. The highest BCUT2D eigenvalue weighted by molar-refractivity contribution is 7.97. The van der Waals surface area contributed by atoms with Crippen LogP contribution in [0.25, 0.3) is 0 Å². The van der Waals surface area contributed by atoms with Crippen molar-refractivity contribution in [1.29, 1.82) is 0 Å². The van der Waals surface area contributed by atoms with E-state index in [4.69, 9.17) is 0 Å². The Labute approximate surface area is 110 Å². The number of hydrogen-bond acceptors (Lipinski definition) is 3. The molecule has 1 aliphatic heterocycles. The van der Waals surface area contributed by atoms with Crippen LogP contribution in [0.1, 0.15) is 5.56 Å². The van der Waals surface area contributed by atoms with Gasteiger partial charge in [-0.1, -0.05) is 30.3 Å². The van der Waals surface area contributed by atoms with Gasteiger partial charge < -0.3 is 4.90 Å². The Morgan fingerprint density at radius 2 is 1.53 bits per heavy atom. The molecule has 0 radical (unpaired) electrons. The third kappa shape index (κ3) is 6.10. The summed E-state index contributed by atoms with van der Waals surface area (Å²) in [5, 5.41) is 0. The standard InChI is InChI=1S/C12H18N2.C2H6S/c1-13-7-9-14(10-8-13)11-12-5-3-2-4-6-12;1-3-2/h2-6H,7-11H2,1H3;1-2H3. The summed E-state index contributed by atoms with van der Waals surface area (Å²) in [6.45, 7) is 5.91. The van der Waals surface area contributed by atoms with E-state index in [0.717, 1.165) is 6.54 Å². The molecule has 0 aromatic heterocycles. The highest BCUT2D eigenvalue weighted by Gasteiger charge is 2.13.